The summed E-state index contributed by atoms with van der Waals surface area (Å²) in [5, 5.41) is 10.7. The van der Waals surface area contributed by atoms with Crippen molar-refractivity contribution < 1.29 is 0 Å². The van der Waals surface area contributed by atoms with Gasteiger partial charge < -0.3 is 5.32 Å². The van der Waals surface area contributed by atoms with Crippen LogP contribution in [0, 0.1) is 18.8 Å². The lowest BCUT2D eigenvalue weighted by molar-refractivity contribution is 0.163. The van der Waals surface area contributed by atoms with Gasteiger partial charge in [0.2, 0.25) is 0 Å². The lowest BCUT2D eigenvalue weighted by Crippen LogP contribution is -2.48. The third-order valence-electron chi connectivity index (χ3n) is 4.33. The molecule has 17 heavy (non-hydrogen) atoms. The molecule has 2 N–H and O–H groups in total. The Hall–Kier alpha value is -1.09. The first kappa shape index (κ1) is 11.0. The molecular weight excluding hydrogens is 210 g/mol. The van der Waals surface area contributed by atoms with Gasteiger partial charge in [0.05, 0.1) is 6.20 Å². The van der Waals surface area contributed by atoms with E-state index in [2.05, 4.69) is 34.6 Å². The minimum Gasteiger partial charge on any atom is -0.313 e. The largest absolute Gasteiger partial charge is 0.313 e. The van der Waals surface area contributed by atoms with Gasteiger partial charge in [-0.15, -0.1) is 0 Å². The fourth-order valence-electron chi connectivity index (χ4n) is 3.14. The Morgan fingerprint density at radius 3 is 3.24 bits per heavy atom. The van der Waals surface area contributed by atoms with E-state index < -0.39 is 0 Å². The summed E-state index contributed by atoms with van der Waals surface area (Å²) in [5.74, 6) is 1.80. The van der Waals surface area contributed by atoms with Gasteiger partial charge in [-0.1, -0.05) is 12.2 Å². The van der Waals surface area contributed by atoms with Crippen LogP contribution in [-0.2, 0) is 6.42 Å². The van der Waals surface area contributed by atoms with Gasteiger partial charge in [-0.2, -0.15) is 5.10 Å². The lowest BCUT2D eigenvalue weighted by Gasteiger charge is -2.40. The summed E-state index contributed by atoms with van der Waals surface area (Å²) in [4.78, 5) is 0. The Morgan fingerprint density at radius 2 is 2.47 bits per heavy atom. The van der Waals surface area contributed by atoms with Gasteiger partial charge >= 0.3 is 0 Å². The lowest BCUT2D eigenvalue weighted by atomic mass is 9.71. The van der Waals surface area contributed by atoms with Gasteiger partial charge in [-0.05, 0) is 56.6 Å². The van der Waals surface area contributed by atoms with Crippen LogP contribution in [0.3, 0.4) is 0 Å². The molecule has 1 aromatic rings. The second kappa shape index (κ2) is 4.65. The summed E-state index contributed by atoms with van der Waals surface area (Å²) in [7, 11) is 0. The molecule has 2 aliphatic rings. The normalized spacial score (nSPS) is 30.3. The monoisotopic (exact) mass is 231 g/mol. The highest BCUT2D eigenvalue weighted by atomic mass is 15.1. The van der Waals surface area contributed by atoms with Gasteiger partial charge in [-0.3, -0.25) is 5.10 Å². The fourth-order valence-corrected chi connectivity index (χ4v) is 3.14. The molecule has 92 valence electrons. The van der Waals surface area contributed by atoms with Crippen molar-refractivity contribution in [2.45, 2.75) is 38.6 Å². The van der Waals surface area contributed by atoms with Crippen LogP contribution < -0.4 is 5.32 Å². The molecule has 3 unspecified atom stereocenters. The highest BCUT2D eigenvalue weighted by Gasteiger charge is 2.40. The molecule has 1 fully saturated rings. The second-order valence-corrected chi connectivity index (χ2v) is 5.42. The molecule has 1 heterocycles. The average Bonchev–Trinajstić information content (AvgIpc) is 2.86. The second-order valence-electron chi connectivity index (χ2n) is 5.42. The number of aromatic nitrogens is 2. The number of aromatic amines is 1. The minimum atomic E-state index is 0.754. The van der Waals surface area contributed by atoms with E-state index >= 15 is 0 Å². The Labute approximate surface area is 103 Å². The van der Waals surface area contributed by atoms with Crippen LogP contribution in [0.4, 0.5) is 0 Å². The molecule has 0 radical (unpaired) electrons. The van der Waals surface area contributed by atoms with Crippen LogP contribution in [-0.4, -0.2) is 22.8 Å². The predicted octanol–water partition coefficient (Wildman–Crippen LogP) is 2.20. The van der Waals surface area contributed by atoms with E-state index in [0.29, 0.717) is 0 Å². The third-order valence-corrected chi connectivity index (χ3v) is 4.33. The first-order chi connectivity index (χ1) is 8.34. The van der Waals surface area contributed by atoms with Gasteiger partial charge in [-0.25, -0.2) is 0 Å². The summed E-state index contributed by atoms with van der Waals surface area (Å²) in [6, 6.07) is 0.754. The minimum absolute atomic E-state index is 0.754. The van der Waals surface area contributed by atoms with Crippen molar-refractivity contribution in [1.29, 1.82) is 0 Å². The van der Waals surface area contributed by atoms with E-state index in [0.717, 1.165) is 30.8 Å². The first-order valence-electron chi connectivity index (χ1n) is 6.73. The number of aryl methyl sites for hydroxylation is 2. The van der Waals surface area contributed by atoms with Crippen molar-refractivity contribution in [3.8, 4) is 0 Å². The Bertz CT molecular complexity index is 407. The van der Waals surface area contributed by atoms with Crippen LogP contribution in [0.5, 0.6) is 0 Å². The Morgan fingerprint density at radius 1 is 1.53 bits per heavy atom. The van der Waals surface area contributed by atoms with Crippen LogP contribution >= 0.6 is 0 Å². The molecule has 1 aromatic heterocycles. The van der Waals surface area contributed by atoms with Gasteiger partial charge in [0, 0.05) is 11.7 Å². The Kier molecular flexibility index (Phi) is 3.02. The maximum Gasteiger partial charge on any atom is 0.0522 e. The van der Waals surface area contributed by atoms with Crippen molar-refractivity contribution in [1.82, 2.24) is 15.5 Å². The summed E-state index contributed by atoms with van der Waals surface area (Å²) in [6.45, 7) is 3.22. The summed E-state index contributed by atoms with van der Waals surface area (Å²) < 4.78 is 0. The van der Waals surface area contributed by atoms with Crippen molar-refractivity contribution >= 4 is 0 Å². The number of allylic oxidation sites excluding steroid dienone is 1. The van der Waals surface area contributed by atoms with Crippen molar-refractivity contribution in [2.24, 2.45) is 11.8 Å². The summed E-state index contributed by atoms with van der Waals surface area (Å²) in [6.07, 6.45) is 11.7. The number of fused-ring (bicyclic) bond motifs is 1. The van der Waals surface area contributed by atoms with Gasteiger partial charge in [0.25, 0.3) is 0 Å². The molecule has 0 aliphatic heterocycles. The molecule has 1 saturated carbocycles. The first-order valence-corrected chi connectivity index (χ1v) is 6.73. The number of hydrogen-bond donors (Lipinski definition) is 2. The zero-order valence-corrected chi connectivity index (χ0v) is 10.4. The zero-order chi connectivity index (χ0) is 11.7. The molecular formula is C14H21N3. The molecule has 3 atom stereocenters. The number of nitrogens with one attached hydrogen (secondary N) is 2. The molecule has 0 amide bonds. The van der Waals surface area contributed by atoms with Crippen LogP contribution in [0.15, 0.2) is 18.3 Å². The molecule has 0 saturated heterocycles. The highest BCUT2D eigenvalue weighted by molar-refractivity contribution is 5.15. The average molecular weight is 231 g/mol. The van der Waals surface area contributed by atoms with Crippen LogP contribution in [0.2, 0.25) is 0 Å². The molecule has 3 rings (SSSR count). The van der Waals surface area contributed by atoms with Crippen molar-refractivity contribution in [3.63, 3.8) is 0 Å². The number of hydrogen-bond acceptors (Lipinski definition) is 2. The highest BCUT2D eigenvalue weighted by Crippen LogP contribution is 2.42. The van der Waals surface area contributed by atoms with E-state index in [4.69, 9.17) is 0 Å². The van der Waals surface area contributed by atoms with E-state index in [9.17, 15) is 0 Å². The third kappa shape index (κ3) is 2.16. The standard InChI is InChI=1S/C14H21N3/c1-10-12(9-16-17-10)5-3-7-15-14-8-11-4-2-6-13(11)14/h2,6,9,11,13-15H,3-5,7-8H2,1H3,(H,16,17). The zero-order valence-electron chi connectivity index (χ0n) is 10.4. The summed E-state index contributed by atoms with van der Waals surface area (Å²) in [5.41, 5.74) is 2.58. The molecule has 3 heteroatoms. The van der Waals surface area contributed by atoms with E-state index in [1.54, 1.807) is 0 Å². The predicted molar refractivity (Wildman–Crippen MR) is 68.8 cm³/mol. The van der Waals surface area contributed by atoms with Crippen molar-refractivity contribution in [2.75, 3.05) is 6.54 Å². The fraction of sp³-hybridized carbons (Fsp3) is 0.643. The Balaban J connectivity index is 1.36. The number of H-pyrrole nitrogens is 1. The van der Waals surface area contributed by atoms with E-state index in [1.165, 1.54) is 30.5 Å². The van der Waals surface area contributed by atoms with Gasteiger partial charge in [0.1, 0.15) is 0 Å². The molecule has 0 spiro atoms. The molecule has 0 aromatic carbocycles. The molecule has 2 aliphatic carbocycles. The SMILES string of the molecule is Cc1[nH]ncc1CCCNC1CC2CC=CC21. The smallest absolute Gasteiger partial charge is 0.0522 e. The number of rotatable bonds is 5. The molecule has 0 bridgehead atoms. The van der Waals surface area contributed by atoms with E-state index in [1.807, 2.05) is 6.20 Å². The maximum atomic E-state index is 4.05. The summed E-state index contributed by atoms with van der Waals surface area (Å²) >= 11 is 0. The van der Waals surface area contributed by atoms with Gasteiger partial charge in [0.15, 0.2) is 0 Å². The quantitative estimate of drug-likeness (QED) is 0.602. The molecule has 3 nitrogen and oxygen atoms in total. The van der Waals surface area contributed by atoms with Crippen molar-refractivity contribution in [3.05, 3.63) is 29.6 Å². The van der Waals surface area contributed by atoms with E-state index in [-0.39, 0.29) is 0 Å². The number of nitrogens with zero attached hydrogens (tertiary/aromatic N) is 1. The van der Waals surface area contributed by atoms with Crippen LogP contribution in [0.25, 0.3) is 0 Å². The topological polar surface area (TPSA) is 40.7 Å². The van der Waals surface area contributed by atoms with Crippen LogP contribution in [0.1, 0.15) is 30.5 Å². The maximum absolute atomic E-state index is 4.05.